The molecule has 1 saturated heterocycles. The summed E-state index contributed by atoms with van der Waals surface area (Å²) in [5, 5.41) is 13.9. The van der Waals surface area contributed by atoms with Crippen molar-refractivity contribution in [3.63, 3.8) is 0 Å². The van der Waals surface area contributed by atoms with Crippen LogP contribution in [0.25, 0.3) is 0 Å². The molecule has 3 saturated carbocycles. The van der Waals surface area contributed by atoms with Crippen LogP contribution in [0.4, 0.5) is 4.39 Å². The van der Waals surface area contributed by atoms with Gasteiger partial charge in [0.25, 0.3) is 0 Å². The minimum atomic E-state index is -0.925. The zero-order valence-electron chi connectivity index (χ0n) is 36.8. The van der Waals surface area contributed by atoms with Gasteiger partial charge in [-0.2, -0.15) is 0 Å². The summed E-state index contributed by atoms with van der Waals surface area (Å²) in [6, 6.07) is 0. The van der Waals surface area contributed by atoms with Gasteiger partial charge in [0, 0.05) is 35.2 Å². The average Bonchev–Trinajstić information content (AvgIpc) is 3.02. The Hall–Kier alpha value is -0.310. The van der Waals surface area contributed by atoms with E-state index in [0.717, 1.165) is 63.9 Å². The van der Waals surface area contributed by atoms with Crippen molar-refractivity contribution in [1.29, 1.82) is 0 Å². The highest BCUT2D eigenvalue weighted by molar-refractivity contribution is 4.87. The molecule has 1 heterocycles. The third-order valence-electron chi connectivity index (χ3n) is 10.5. The number of hydrogen-bond donors (Lipinski definition) is 4. The van der Waals surface area contributed by atoms with E-state index in [1.54, 1.807) is 0 Å². The highest BCUT2D eigenvalue weighted by atomic mass is 19.1. The van der Waals surface area contributed by atoms with Crippen LogP contribution in [0.1, 0.15) is 187 Å². The maximum Gasteiger partial charge on any atom is 0.123 e. The normalized spacial score (nSPS) is 23.5. The van der Waals surface area contributed by atoms with Crippen LogP contribution in [0.3, 0.4) is 0 Å². The van der Waals surface area contributed by atoms with Gasteiger partial charge in [0.1, 0.15) is 5.67 Å². The van der Waals surface area contributed by atoms with E-state index < -0.39 is 5.67 Å². The lowest BCUT2D eigenvalue weighted by Gasteiger charge is -2.35. The largest absolute Gasteiger partial charge is 0.376 e. The topological polar surface area (TPSA) is 66.6 Å². The van der Waals surface area contributed by atoms with Crippen LogP contribution in [-0.2, 0) is 9.47 Å². The fraction of sp³-hybridized carbons (Fsp3) is 1.00. The Morgan fingerprint density at radius 3 is 1.39 bits per heavy atom. The summed E-state index contributed by atoms with van der Waals surface area (Å²) in [5.41, 5.74) is 0.478. The van der Waals surface area contributed by atoms with E-state index in [0.29, 0.717) is 17.5 Å². The summed E-state index contributed by atoms with van der Waals surface area (Å²) in [5.74, 6) is 1.88. The van der Waals surface area contributed by atoms with E-state index >= 15 is 0 Å². The smallest absolute Gasteiger partial charge is 0.123 e. The molecule has 0 radical (unpaired) electrons. The molecule has 4 rings (SSSR count). The average molecular weight is 727 g/mol. The maximum atomic E-state index is 14.0. The van der Waals surface area contributed by atoms with Crippen molar-refractivity contribution in [1.82, 2.24) is 21.3 Å². The summed E-state index contributed by atoms with van der Waals surface area (Å²) in [6.07, 6.45) is 18.0. The van der Waals surface area contributed by atoms with Crippen molar-refractivity contribution in [3.05, 3.63) is 0 Å². The molecule has 0 amide bonds. The summed E-state index contributed by atoms with van der Waals surface area (Å²) < 4.78 is 24.8. The standard InChI is InChI=1S/C13H27N.C11H22FN.C11H23N.C9H19NO2/c1-12(2,3)14-10-11-6-8-13(4,5)9-7-11;1-10(2,3)13-9-11(12)7-5-4-6-8-11;1-11(2,3)12-9-10-7-5-4-6-8-10;1-9(2,3)10-6-8-7-11-4-5-12-8/h11,14H,6-10H2,1-5H3;13H,4-9H2,1-3H3;10,12H,4-9H2,1-3H3;8,10H,4-7H2,1-3H3/t;;;8-/m...0/s1. The highest BCUT2D eigenvalue weighted by Crippen LogP contribution is 2.37. The molecule has 0 aromatic carbocycles. The van der Waals surface area contributed by atoms with Crippen molar-refractivity contribution in [2.75, 3.05) is 46.0 Å². The van der Waals surface area contributed by atoms with Gasteiger partial charge >= 0.3 is 0 Å². The monoisotopic (exact) mass is 727 g/mol. The van der Waals surface area contributed by atoms with Crippen LogP contribution in [-0.4, -0.2) is 79.9 Å². The van der Waals surface area contributed by atoms with Crippen molar-refractivity contribution >= 4 is 0 Å². The predicted molar refractivity (Wildman–Crippen MR) is 221 cm³/mol. The molecule has 4 N–H and O–H groups in total. The Kier molecular flexibility index (Phi) is 21.9. The van der Waals surface area contributed by atoms with Gasteiger partial charge < -0.3 is 30.7 Å². The number of nitrogens with one attached hydrogen (secondary N) is 4. The molecule has 4 aliphatic rings. The van der Waals surface area contributed by atoms with Crippen LogP contribution in [0.15, 0.2) is 0 Å². The molecule has 0 spiro atoms. The van der Waals surface area contributed by atoms with Gasteiger partial charge in [-0.05, 0) is 165 Å². The van der Waals surface area contributed by atoms with Crippen LogP contribution < -0.4 is 21.3 Å². The lowest BCUT2D eigenvalue weighted by atomic mass is 9.73. The number of hydrogen-bond acceptors (Lipinski definition) is 6. The van der Waals surface area contributed by atoms with Crippen molar-refractivity contribution in [2.45, 2.75) is 221 Å². The second-order valence-corrected chi connectivity index (χ2v) is 21.4. The molecule has 7 heteroatoms. The molecular formula is C44H91FN4O2. The Bertz CT molecular complexity index is 824. The molecule has 0 aromatic heterocycles. The number of alkyl halides is 1. The van der Waals surface area contributed by atoms with Gasteiger partial charge in [0.05, 0.1) is 25.9 Å². The summed E-state index contributed by atoms with van der Waals surface area (Å²) in [6.45, 7) is 37.0. The summed E-state index contributed by atoms with van der Waals surface area (Å²) >= 11 is 0. The van der Waals surface area contributed by atoms with Crippen LogP contribution >= 0.6 is 0 Å². The zero-order valence-corrected chi connectivity index (χ0v) is 36.8. The van der Waals surface area contributed by atoms with Crippen molar-refractivity contribution in [2.24, 2.45) is 17.3 Å². The summed E-state index contributed by atoms with van der Waals surface area (Å²) in [7, 11) is 0. The quantitative estimate of drug-likeness (QED) is 0.200. The van der Waals surface area contributed by atoms with E-state index in [9.17, 15) is 4.39 Å². The minimum Gasteiger partial charge on any atom is -0.376 e. The van der Waals surface area contributed by atoms with Gasteiger partial charge in [-0.15, -0.1) is 0 Å². The first-order valence-electron chi connectivity index (χ1n) is 21.2. The predicted octanol–water partition coefficient (Wildman–Crippen LogP) is 10.4. The Labute approximate surface area is 318 Å². The van der Waals surface area contributed by atoms with E-state index in [4.69, 9.17) is 9.47 Å². The zero-order chi connectivity index (χ0) is 38.8. The van der Waals surface area contributed by atoms with Gasteiger partial charge in [0.15, 0.2) is 0 Å². The fourth-order valence-electron chi connectivity index (χ4n) is 6.82. The summed E-state index contributed by atoms with van der Waals surface area (Å²) in [4.78, 5) is 0. The Morgan fingerprint density at radius 1 is 0.529 bits per heavy atom. The molecule has 1 aliphatic heterocycles. The number of ether oxygens (including phenoxy) is 2. The molecular weight excluding hydrogens is 636 g/mol. The van der Waals surface area contributed by atoms with Crippen LogP contribution in [0.5, 0.6) is 0 Å². The van der Waals surface area contributed by atoms with E-state index in [-0.39, 0.29) is 22.7 Å². The lowest BCUT2D eigenvalue weighted by Crippen LogP contribution is -2.46. The van der Waals surface area contributed by atoms with Gasteiger partial charge in [-0.1, -0.05) is 52.4 Å². The van der Waals surface area contributed by atoms with Crippen molar-refractivity contribution in [3.8, 4) is 0 Å². The van der Waals surface area contributed by atoms with E-state index in [2.05, 4.69) is 118 Å². The lowest BCUT2D eigenvalue weighted by molar-refractivity contribution is -0.0878. The molecule has 51 heavy (non-hydrogen) atoms. The van der Waals surface area contributed by atoms with E-state index in [1.807, 2.05) is 0 Å². The maximum absolute atomic E-state index is 14.0. The molecule has 6 nitrogen and oxygen atoms in total. The Balaban J connectivity index is 0.000000341. The van der Waals surface area contributed by atoms with Crippen LogP contribution in [0, 0.1) is 17.3 Å². The number of rotatable bonds is 8. The first-order chi connectivity index (χ1) is 23.4. The first kappa shape index (κ1) is 48.7. The molecule has 0 unspecified atom stereocenters. The molecule has 0 aromatic rings. The second-order valence-electron chi connectivity index (χ2n) is 21.4. The molecule has 306 valence electrons. The fourth-order valence-corrected chi connectivity index (χ4v) is 6.82. The molecule has 0 bridgehead atoms. The highest BCUT2D eigenvalue weighted by Gasteiger charge is 2.32. The minimum absolute atomic E-state index is 0.0382. The van der Waals surface area contributed by atoms with Crippen LogP contribution in [0.2, 0.25) is 0 Å². The van der Waals surface area contributed by atoms with Crippen molar-refractivity contribution < 1.29 is 13.9 Å². The first-order valence-corrected chi connectivity index (χ1v) is 21.2. The van der Waals surface area contributed by atoms with Gasteiger partial charge in [-0.3, -0.25) is 0 Å². The third kappa shape index (κ3) is 28.8. The van der Waals surface area contributed by atoms with E-state index in [1.165, 1.54) is 77.3 Å². The molecule has 1 atom stereocenters. The van der Waals surface area contributed by atoms with Gasteiger partial charge in [0.2, 0.25) is 0 Å². The Morgan fingerprint density at radius 2 is 0.961 bits per heavy atom. The molecule has 4 fully saturated rings. The molecule has 3 aliphatic carbocycles. The number of halogens is 1. The SMILES string of the molecule is CC(C)(C)NCC1(F)CCCCC1.CC(C)(C)NCC1CCCCC1.CC(C)(C)NC[C@H]1COCCO1.CC1(C)CCC(CNC(C)(C)C)CC1. The van der Waals surface area contributed by atoms with Gasteiger partial charge in [-0.25, -0.2) is 4.39 Å². The second kappa shape index (κ2) is 22.9. The third-order valence-corrected chi connectivity index (χ3v) is 10.5.